The first kappa shape index (κ1) is 20.7. The predicted octanol–water partition coefficient (Wildman–Crippen LogP) is 2.08. The SMILES string of the molecule is CCCCC[C@H](CC(=O)NO)C(=O)N1CCC[C@@H]1C(=O)N1CCCCC1. The molecule has 26 heavy (non-hydrogen) atoms. The van der Waals surface area contributed by atoms with Crippen LogP contribution < -0.4 is 5.48 Å². The maximum absolute atomic E-state index is 13.1. The van der Waals surface area contributed by atoms with Crippen LogP contribution in [0.15, 0.2) is 0 Å². The van der Waals surface area contributed by atoms with Gasteiger partial charge in [0.15, 0.2) is 0 Å². The summed E-state index contributed by atoms with van der Waals surface area (Å²) in [5.41, 5.74) is 1.63. The summed E-state index contributed by atoms with van der Waals surface area (Å²) in [6.45, 7) is 4.23. The highest BCUT2D eigenvalue weighted by Gasteiger charge is 2.39. The topological polar surface area (TPSA) is 90.0 Å². The number of carbonyl (C=O) groups excluding carboxylic acids is 3. The number of amides is 3. The summed E-state index contributed by atoms with van der Waals surface area (Å²) in [6.07, 6.45) is 8.23. The van der Waals surface area contributed by atoms with Crippen LogP contribution in [0, 0.1) is 5.92 Å². The smallest absolute Gasteiger partial charge is 0.245 e. The van der Waals surface area contributed by atoms with Crippen LogP contribution in [0.25, 0.3) is 0 Å². The Balaban J connectivity index is 2.03. The first-order valence-electron chi connectivity index (χ1n) is 10.1. The molecule has 0 spiro atoms. The number of nitrogens with zero attached hydrogens (tertiary/aromatic N) is 2. The van der Waals surface area contributed by atoms with Gasteiger partial charge in [-0.3, -0.25) is 19.6 Å². The zero-order valence-electron chi connectivity index (χ0n) is 15.9. The van der Waals surface area contributed by atoms with Crippen molar-refractivity contribution in [2.24, 2.45) is 5.92 Å². The van der Waals surface area contributed by atoms with Crippen LogP contribution in [0.2, 0.25) is 0 Å². The summed E-state index contributed by atoms with van der Waals surface area (Å²) in [5.74, 6) is -1.06. The molecule has 2 heterocycles. The molecule has 0 saturated carbocycles. The fraction of sp³-hybridized carbons (Fsp3) is 0.842. The highest BCUT2D eigenvalue weighted by Crippen LogP contribution is 2.26. The fourth-order valence-corrected chi connectivity index (χ4v) is 4.07. The maximum Gasteiger partial charge on any atom is 0.245 e. The van der Waals surface area contributed by atoms with Crippen molar-refractivity contribution in [3.8, 4) is 0 Å². The van der Waals surface area contributed by atoms with Crippen molar-refractivity contribution in [3.05, 3.63) is 0 Å². The van der Waals surface area contributed by atoms with Gasteiger partial charge in [-0.05, 0) is 38.5 Å². The summed E-state index contributed by atoms with van der Waals surface area (Å²) < 4.78 is 0. The first-order valence-corrected chi connectivity index (χ1v) is 10.1. The fourth-order valence-electron chi connectivity index (χ4n) is 4.07. The minimum absolute atomic E-state index is 0.0276. The molecule has 0 bridgehead atoms. The van der Waals surface area contributed by atoms with E-state index in [0.717, 1.165) is 58.0 Å². The average Bonchev–Trinajstić information content (AvgIpc) is 3.16. The van der Waals surface area contributed by atoms with Crippen LogP contribution in [0.4, 0.5) is 0 Å². The van der Waals surface area contributed by atoms with Crippen LogP contribution in [0.5, 0.6) is 0 Å². The summed E-state index contributed by atoms with van der Waals surface area (Å²) >= 11 is 0. The number of rotatable bonds is 8. The van der Waals surface area contributed by atoms with Gasteiger partial charge in [0.1, 0.15) is 6.04 Å². The Morgan fingerprint density at radius 3 is 2.46 bits per heavy atom. The standard InChI is InChI=1S/C19H33N3O4/c1-2-3-5-9-15(14-17(23)20-26)18(24)22-13-8-10-16(22)19(25)21-11-6-4-7-12-21/h15-16,26H,2-14H2,1H3,(H,20,23)/t15-,16-/m1/s1. The third kappa shape index (κ3) is 5.43. The second-order valence-corrected chi connectivity index (χ2v) is 7.51. The lowest BCUT2D eigenvalue weighted by molar-refractivity contribution is -0.148. The molecule has 0 aromatic rings. The van der Waals surface area contributed by atoms with Gasteiger partial charge < -0.3 is 9.80 Å². The van der Waals surface area contributed by atoms with Crippen LogP contribution >= 0.6 is 0 Å². The number of unbranched alkanes of at least 4 members (excludes halogenated alkanes) is 2. The Labute approximate surface area is 156 Å². The summed E-state index contributed by atoms with van der Waals surface area (Å²) in [7, 11) is 0. The molecule has 0 radical (unpaired) electrons. The molecule has 7 heteroatoms. The molecule has 2 N–H and O–H groups in total. The van der Waals surface area contributed by atoms with E-state index >= 15 is 0 Å². The number of piperidine rings is 1. The molecule has 2 fully saturated rings. The molecule has 0 aliphatic carbocycles. The second kappa shape index (κ2) is 10.5. The molecule has 0 aromatic heterocycles. The van der Waals surface area contributed by atoms with Crippen molar-refractivity contribution in [2.45, 2.75) is 77.2 Å². The van der Waals surface area contributed by atoms with Crippen molar-refractivity contribution < 1.29 is 19.6 Å². The molecular formula is C19H33N3O4. The van der Waals surface area contributed by atoms with Gasteiger partial charge >= 0.3 is 0 Å². The minimum atomic E-state index is -0.544. The van der Waals surface area contributed by atoms with Gasteiger partial charge in [0, 0.05) is 32.0 Å². The van der Waals surface area contributed by atoms with Crippen LogP contribution in [0.1, 0.15) is 71.1 Å². The van der Waals surface area contributed by atoms with E-state index in [2.05, 4.69) is 6.92 Å². The Morgan fingerprint density at radius 2 is 1.81 bits per heavy atom. The van der Waals surface area contributed by atoms with Gasteiger partial charge in [-0.15, -0.1) is 0 Å². The van der Waals surface area contributed by atoms with E-state index in [-0.39, 0.29) is 24.3 Å². The summed E-state index contributed by atoms with van der Waals surface area (Å²) in [4.78, 5) is 41.2. The Bertz CT molecular complexity index is 491. The summed E-state index contributed by atoms with van der Waals surface area (Å²) in [5, 5.41) is 8.83. The number of hydrogen-bond acceptors (Lipinski definition) is 4. The number of hydroxylamine groups is 1. The molecule has 3 amide bonds. The number of likely N-dealkylation sites (tertiary alicyclic amines) is 2. The van der Waals surface area contributed by atoms with Gasteiger partial charge in [0.25, 0.3) is 0 Å². The second-order valence-electron chi connectivity index (χ2n) is 7.51. The highest BCUT2D eigenvalue weighted by molar-refractivity contribution is 5.91. The zero-order chi connectivity index (χ0) is 18.9. The predicted molar refractivity (Wildman–Crippen MR) is 97.3 cm³/mol. The Kier molecular flexibility index (Phi) is 8.35. The van der Waals surface area contributed by atoms with Gasteiger partial charge in [0.2, 0.25) is 17.7 Å². The third-order valence-electron chi connectivity index (χ3n) is 5.55. The van der Waals surface area contributed by atoms with Crippen LogP contribution in [0.3, 0.4) is 0 Å². The van der Waals surface area contributed by atoms with Gasteiger partial charge in [-0.1, -0.05) is 26.2 Å². The van der Waals surface area contributed by atoms with Crippen molar-refractivity contribution in [3.63, 3.8) is 0 Å². The van der Waals surface area contributed by atoms with E-state index < -0.39 is 11.8 Å². The van der Waals surface area contributed by atoms with Crippen LogP contribution in [-0.4, -0.2) is 58.4 Å². The molecular weight excluding hydrogens is 334 g/mol. The third-order valence-corrected chi connectivity index (χ3v) is 5.55. The molecule has 2 saturated heterocycles. The molecule has 0 aromatic carbocycles. The van der Waals surface area contributed by atoms with Gasteiger partial charge in [0.05, 0.1) is 0 Å². The Hall–Kier alpha value is -1.63. The first-order chi connectivity index (χ1) is 12.6. The van der Waals surface area contributed by atoms with E-state index in [1.807, 2.05) is 4.90 Å². The number of carbonyl (C=O) groups is 3. The number of nitrogens with one attached hydrogen (secondary N) is 1. The number of hydrogen-bond donors (Lipinski definition) is 2. The highest BCUT2D eigenvalue weighted by atomic mass is 16.5. The zero-order valence-corrected chi connectivity index (χ0v) is 15.9. The van der Waals surface area contributed by atoms with E-state index in [0.29, 0.717) is 19.4 Å². The lowest BCUT2D eigenvalue weighted by Gasteiger charge is -2.34. The van der Waals surface area contributed by atoms with Crippen LogP contribution in [-0.2, 0) is 14.4 Å². The molecule has 2 aliphatic rings. The van der Waals surface area contributed by atoms with Crippen molar-refractivity contribution in [1.82, 2.24) is 15.3 Å². The molecule has 2 atom stereocenters. The largest absolute Gasteiger partial charge is 0.341 e. The lowest BCUT2D eigenvalue weighted by atomic mass is 9.95. The van der Waals surface area contributed by atoms with Crippen molar-refractivity contribution >= 4 is 17.7 Å². The molecule has 0 unspecified atom stereocenters. The summed E-state index contributed by atoms with van der Waals surface area (Å²) in [6, 6.07) is -0.383. The monoisotopic (exact) mass is 367 g/mol. The van der Waals surface area contributed by atoms with Gasteiger partial charge in [-0.2, -0.15) is 0 Å². The van der Waals surface area contributed by atoms with Crippen molar-refractivity contribution in [2.75, 3.05) is 19.6 Å². The minimum Gasteiger partial charge on any atom is -0.341 e. The Morgan fingerprint density at radius 1 is 1.08 bits per heavy atom. The molecule has 7 nitrogen and oxygen atoms in total. The normalized spacial score (nSPS) is 21.5. The molecule has 2 rings (SSSR count). The van der Waals surface area contributed by atoms with Crippen molar-refractivity contribution in [1.29, 1.82) is 0 Å². The average molecular weight is 367 g/mol. The van der Waals surface area contributed by atoms with Gasteiger partial charge in [-0.25, -0.2) is 5.48 Å². The van der Waals surface area contributed by atoms with E-state index in [1.54, 1.807) is 10.4 Å². The van der Waals surface area contributed by atoms with E-state index in [1.165, 1.54) is 0 Å². The maximum atomic E-state index is 13.1. The quantitative estimate of drug-likeness (QED) is 0.390. The van der Waals surface area contributed by atoms with E-state index in [4.69, 9.17) is 5.21 Å². The molecule has 2 aliphatic heterocycles. The molecule has 148 valence electrons. The lowest BCUT2D eigenvalue weighted by Crippen LogP contribution is -2.50. The van der Waals surface area contributed by atoms with E-state index in [9.17, 15) is 14.4 Å².